The summed E-state index contributed by atoms with van der Waals surface area (Å²) >= 11 is 0. The zero-order valence-electron chi connectivity index (χ0n) is 9.77. The van der Waals surface area contributed by atoms with Gasteiger partial charge in [0, 0.05) is 12.0 Å². The molecule has 1 aromatic carbocycles. The van der Waals surface area contributed by atoms with Gasteiger partial charge in [-0.05, 0) is 18.2 Å². The molecule has 1 aliphatic rings. The quantitative estimate of drug-likeness (QED) is 0.826. The van der Waals surface area contributed by atoms with E-state index in [9.17, 15) is 4.79 Å². The highest BCUT2D eigenvalue weighted by atomic mass is 16.5. The van der Waals surface area contributed by atoms with Crippen molar-refractivity contribution in [3.63, 3.8) is 0 Å². The highest BCUT2D eigenvalue weighted by molar-refractivity contribution is 5.79. The summed E-state index contributed by atoms with van der Waals surface area (Å²) in [4.78, 5) is 10.5. The summed E-state index contributed by atoms with van der Waals surface area (Å²) in [7, 11) is 0. The molecular formula is C15H14O3. The molecule has 0 bridgehead atoms. The van der Waals surface area contributed by atoms with E-state index in [1.54, 1.807) is 6.08 Å². The SMILES string of the molecule is O=C(O)C=CC1C=CC=CC1Oc1ccccc1. The third-order valence-electron chi connectivity index (χ3n) is 2.60. The number of carboxylic acid groups (broad SMARTS) is 1. The minimum atomic E-state index is -0.948. The van der Waals surface area contributed by atoms with Crippen LogP contribution in [0.2, 0.25) is 0 Å². The first kappa shape index (κ1) is 12.2. The second-order valence-electron chi connectivity index (χ2n) is 3.94. The number of ether oxygens (including phenoxy) is 1. The lowest BCUT2D eigenvalue weighted by Gasteiger charge is -2.22. The normalized spacial score (nSPS) is 22.2. The van der Waals surface area contributed by atoms with Crippen LogP contribution >= 0.6 is 0 Å². The molecule has 3 heteroatoms. The molecule has 1 N–H and O–H groups in total. The number of allylic oxidation sites excluding steroid dienone is 2. The van der Waals surface area contributed by atoms with Crippen molar-refractivity contribution in [2.75, 3.05) is 0 Å². The van der Waals surface area contributed by atoms with Gasteiger partial charge in [-0.25, -0.2) is 4.79 Å². The van der Waals surface area contributed by atoms with E-state index in [1.807, 2.05) is 54.6 Å². The molecule has 2 atom stereocenters. The van der Waals surface area contributed by atoms with E-state index in [0.717, 1.165) is 11.8 Å². The maximum atomic E-state index is 10.5. The van der Waals surface area contributed by atoms with Crippen molar-refractivity contribution in [2.24, 2.45) is 5.92 Å². The maximum Gasteiger partial charge on any atom is 0.328 e. The zero-order valence-corrected chi connectivity index (χ0v) is 9.77. The van der Waals surface area contributed by atoms with E-state index in [1.165, 1.54) is 0 Å². The molecule has 92 valence electrons. The molecule has 3 nitrogen and oxygen atoms in total. The predicted octanol–water partition coefficient (Wildman–Crippen LogP) is 2.82. The number of carbonyl (C=O) groups is 1. The predicted molar refractivity (Wildman–Crippen MR) is 69.4 cm³/mol. The summed E-state index contributed by atoms with van der Waals surface area (Å²) in [5, 5.41) is 8.65. The fourth-order valence-corrected chi connectivity index (χ4v) is 1.75. The topological polar surface area (TPSA) is 46.5 Å². The van der Waals surface area contributed by atoms with Gasteiger partial charge in [0.25, 0.3) is 0 Å². The van der Waals surface area contributed by atoms with Crippen LogP contribution in [0.15, 0.2) is 66.8 Å². The van der Waals surface area contributed by atoms with Crippen molar-refractivity contribution >= 4 is 5.97 Å². The molecular weight excluding hydrogens is 228 g/mol. The Morgan fingerprint density at radius 1 is 1.17 bits per heavy atom. The second-order valence-corrected chi connectivity index (χ2v) is 3.94. The van der Waals surface area contributed by atoms with Crippen LogP contribution in [0.4, 0.5) is 0 Å². The van der Waals surface area contributed by atoms with Crippen molar-refractivity contribution < 1.29 is 14.6 Å². The van der Waals surface area contributed by atoms with Gasteiger partial charge in [-0.1, -0.05) is 42.5 Å². The smallest absolute Gasteiger partial charge is 0.328 e. The number of hydrogen-bond acceptors (Lipinski definition) is 2. The maximum absolute atomic E-state index is 10.5. The van der Waals surface area contributed by atoms with Crippen molar-refractivity contribution in [3.8, 4) is 5.75 Å². The summed E-state index contributed by atoms with van der Waals surface area (Å²) in [5.41, 5.74) is 0. The minimum Gasteiger partial charge on any atom is -0.485 e. The number of aliphatic carboxylic acids is 1. The van der Waals surface area contributed by atoms with Gasteiger partial charge in [0.15, 0.2) is 0 Å². The highest BCUT2D eigenvalue weighted by Gasteiger charge is 2.17. The molecule has 0 heterocycles. The van der Waals surface area contributed by atoms with Crippen LogP contribution in [0.3, 0.4) is 0 Å². The van der Waals surface area contributed by atoms with Crippen molar-refractivity contribution in [1.82, 2.24) is 0 Å². The summed E-state index contributed by atoms with van der Waals surface area (Å²) in [6.07, 6.45) is 10.2. The highest BCUT2D eigenvalue weighted by Crippen LogP contribution is 2.21. The van der Waals surface area contributed by atoms with Crippen LogP contribution in [0.25, 0.3) is 0 Å². The number of rotatable bonds is 4. The first-order chi connectivity index (χ1) is 8.75. The Morgan fingerprint density at radius 2 is 1.89 bits per heavy atom. The summed E-state index contributed by atoms with van der Waals surface area (Å²) in [5.74, 6) is -0.237. The van der Waals surface area contributed by atoms with E-state index in [4.69, 9.17) is 9.84 Å². The lowest BCUT2D eigenvalue weighted by atomic mass is 9.97. The van der Waals surface area contributed by atoms with Gasteiger partial charge in [-0.15, -0.1) is 0 Å². The van der Waals surface area contributed by atoms with Gasteiger partial charge in [0.1, 0.15) is 11.9 Å². The Morgan fingerprint density at radius 3 is 2.61 bits per heavy atom. The van der Waals surface area contributed by atoms with Crippen LogP contribution < -0.4 is 4.74 Å². The first-order valence-corrected chi connectivity index (χ1v) is 5.73. The molecule has 1 aromatic rings. The molecule has 2 unspecified atom stereocenters. The van der Waals surface area contributed by atoms with Crippen molar-refractivity contribution in [2.45, 2.75) is 6.10 Å². The lowest BCUT2D eigenvalue weighted by Crippen LogP contribution is -2.23. The second kappa shape index (κ2) is 5.87. The molecule has 0 saturated carbocycles. The molecule has 0 fully saturated rings. The molecule has 18 heavy (non-hydrogen) atoms. The Balaban J connectivity index is 2.08. The monoisotopic (exact) mass is 242 g/mol. The Bertz CT molecular complexity index is 486. The van der Waals surface area contributed by atoms with Gasteiger partial charge >= 0.3 is 5.97 Å². The lowest BCUT2D eigenvalue weighted by molar-refractivity contribution is -0.131. The number of hydrogen-bond donors (Lipinski definition) is 1. The third kappa shape index (κ3) is 3.35. The minimum absolute atomic E-state index is 0.0636. The molecule has 0 aliphatic heterocycles. The molecule has 0 spiro atoms. The van der Waals surface area contributed by atoms with Gasteiger partial charge < -0.3 is 9.84 Å². The zero-order chi connectivity index (χ0) is 12.8. The van der Waals surface area contributed by atoms with Gasteiger partial charge in [0.2, 0.25) is 0 Å². The summed E-state index contributed by atoms with van der Waals surface area (Å²) in [6, 6.07) is 9.49. The van der Waals surface area contributed by atoms with Crippen molar-refractivity contribution in [3.05, 3.63) is 66.8 Å². The van der Waals surface area contributed by atoms with Crippen LogP contribution in [0, 0.1) is 5.92 Å². The molecule has 0 amide bonds. The summed E-state index contributed by atoms with van der Waals surface area (Å²) in [6.45, 7) is 0. The Kier molecular flexibility index (Phi) is 3.97. The number of para-hydroxylation sites is 1. The van der Waals surface area contributed by atoms with E-state index in [-0.39, 0.29) is 12.0 Å². The van der Waals surface area contributed by atoms with Crippen LogP contribution in [0.5, 0.6) is 5.75 Å². The molecule has 0 radical (unpaired) electrons. The van der Waals surface area contributed by atoms with E-state index in [0.29, 0.717) is 0 Å². The molecule has 0 saturated heterocycles. The number of benzene rings is 1. The van der Waals surface area contributed by atoms with Crippen LogP contribution in [-0.2, 0) is 4.79 Å². The van der Waals surface area contributed by atoms with Crippen LogP contribution in [-0.4, -0.2) is 17.2 Å². The Hall–Kier alpha value is -2.29. The average Bonchev–Trinajstić information content (AvgIpc) is 2.39. The summed E-state index contributed by atoms with van der Waals surface area (Å²) < 4.78 is 5.82. The number of carboxylic acids is 1. The average molecular weight is 242 g/mol. The third-order valence-corrected chi connectivity index (χ3v) is 2.60. The van der Waals surface area contributed by atoms with E-state index in [2.05, 4.69) is 0 Å². The molecule has 0 aromatic heterocycles. The fourth-order valence-electron chi connectivity index (χ4n) is 1.75. The fraction of sp³-hybridized carbons (Fsp3) is 0.133. The standard InChI is InChI=1S/C15H14O3/c16-15(17)11-10-12-6-4-5-9-14(12)18-13-7-2-1-3-8-13/h1-12,14H,(H,16,17). The van der Waals surface area contributed by atoms with E-state index >= 15 is 0 Å². The largest absolute Gasteiger partial charge is 0.485 e. The van der Waals surface area contributed by atoms with Gasteiger partial charge in [-0.3, -0.25) is 0 Å². The first-order valence-electron chi connectivity index (χ1n) is 5.73. The van der Waals surface area contributed by atoms with Crippen LogP contribution in [0.1, 0.15) is 0 Å². The van der Waals surface area contributed by atoms with Gasteiger partial charge in [-0.2, -0.15) is 0 Å². The molecule has 2 rings (SSSR count). The van der Waals surface area contributed by atoms with E-state index < -0.39 is 5.97 Å². The Labute approximate surface area is 106 Å². The molecule has 1 aliphatic carbocycles. The van der Waals surface area contributed by atoms with Gasteiger partial charge in [0.05, 0.1) is 0 Å². The van der Waals surface area contributed by atoms with Crippen molar-refractivity contribution in [1.29, 1.82) is 0 Å².